The molecule has 4 heteroatoms. The van der Waals surface area contributed by atoms with Gasteiger partial charge in [0.1, 0.15) is 5.02 Å². The molecule has 0 amide bonds. The topological polar surface area (TPSA) is 25.2 Å². The van der Waals surface area contributed by atoms with Crippen LogP contribution in [0.2, 0.25) is 5.02 Å². The average molecular weight is 399 g/mol. The van der Waals surface area contributed by atoms with Crippen LogP contribution in [0.3, 0.4) is 0 Å². The Morgan fingerprint density at radius 1 is 1.00 bits per heavy atom. The standard InChI is InChI=1S/C24H31ClN2O/c1-24(2,3)20-8-6-18(7-9-20)19-10-13-26(14-11-19)21-12-15-27(16-17-4-5-17)23(28)22(21)25/h6-9,12,15,17,19H,4-5,10-11,13-14,16H2,1-3H3. The summed E-state index contributed by atoms with van der Waals surface area (Å²) in [6.45, 7) is 9.45. The number of pyridine rings is 1. The van der Waals surface area contributed by atoms with Gasteiger partial charge in [0.2, 0.25) is 0 Å². The van der Waals surface area contributed by atoms with Crippen molar-refractivity contribution in [1.29, 1.82) is 0 Å². The molecule has 3 nitrogen and oxygen atoms in total. The first kappa shape index (κ1) is 19.6. The molecule has 0 spiro atoms. The number of aromatic nitrogens is 1. The SMILES string of the molecule is CC(C)(C)c1ccc(C2CCN(c3ccn(CC4CC4)c(=O)c3Cl)CC2)cc1. The predicted octanol–water partition coefficient (Wildman–Crippen LogP) is 5.59. The van der Waals surface area contributed by atoms with Crippen molar-refractivity contribution in [3.8, 4) is 0 Å². The van der Waals surface area contributed by atoms with Crippen molar-refractivity contribution >= 4 is 17.3 Å². The van der Waals surface area contributed by atoms with E-state index < -0.39 is 0 Å². The van der Waals surface area contributed by atoms with Gasteiger partial charge in [0, 0.05) is 25.8 Å². The van der Waals surface area contributed by atoms with E-state index >= 15 is 0 Å². The maximum absolute atomic E-state index is 12.6. The summed E-state index contributed by atoms with van der Waals surface area (Å²) in [6.07, 6.45) is 6.58. The van der Waals surface area contributed by atoms with E-state index in [2.05, 4.69) is 49.9 Å². The maximum Gasteiger partial charge on any atom is 0.271 e. The van der Waals surface area contributed by atoms with Gasteiger partial charge in [-0.25, -0.2) is 0 Å². The fourth-order valence-corrected chi connectivity index (χ4v) is 4.50. The van der Waals surface area contributed by atoms with Gasteiger partial charge in [-0.1, -0.05) is 56.6 Å². The van der Waals surface area contributed by atoms with E-state index in [-0.39, 0.29) is 11.0 Å². The molecule has 1 aliphatic carbocycles. The number of hydrogen-bond acceptors (Lipinski definition) is 2. The molecule has 2 heterocycles. The molecule has 0 radical (unpaired) electrons. The fraction of sp³-hybridized carbons (Fsp3) is 0.542. The molecule has 4 rings (SSSR count). The number of hydrogen-bond donors (Lipinski definition) is 0. The highest BCUT2D eigenvalue weighted by Gasteiger charge is 2.26. The molecule has 0 bridgehead atoms. The molecule has 28 heavy (non-hydrogen) atoms. The lowest BCUT2D eigenvalue weighted by Crippen LogP contribution is -2.34. The number of nitrogens with zero attached hydrogens (tertiary/aromatic N) is 2. The van der Waals surface area contributed by atoms with E-state index in [9.17, 15) is 4.79 Å². The van der Waals surface area contributed by atoms with Crippen molar-refractivity contribution in [2.45, 2.75) is 64.3 Å². The van der Waals surface area contributed by atoms with Crippen LogP contribution in [0.5, 0.6) is 0 Å². The minimum atomic E-state index is -0.0361. The van der Waals surface area contributed by atoms with Crippen LogP contribution in [0.4, 0.5) is 5.69 Å². The number of halogens is 1. The summed E-state index contributed by atoms with van der Waals surface area (Å²) in [5.41, 5.74) is 3.87. The van der Waals surface area contributed by atoms with Gasteiger partial charge < -0.3 is 9.47 Å². The normalized spacial score (nSPS) is 18.5. The Kier molecular flexibility index (Phi) is 5.30. The molecule has 1 saturated carbocycles. The Labute approximate surface area is 173 Å². The van der Waals surface area contributed by atoms with Gasteiger partial charge in [-0.15, -0.1) is 0 Å². The van der Waals surface area contributed by atoms with Crippen molar-refractivity contribution in [3.63, 3.8) is 0 Å². The zero-order chi connectivity index (χ0) is 19.9. The third kappa shape index (κ3) is 4.15. The van der Waals surface area contributed by atoms with Crippen LogP contribution in [0.15, 0.2) is 41.3 Å². The summed E-state index contributed by atoms with van der Waals surface area (Å²) < 4.78 is 1.78. The first-order valence-corrected chi connectivity index (χ1v) is 10.9. The van der Waals surface area contributed by atoms with Gasteiger partial charge in [0.15, 0.2) is 0 Å². The lowest BCUT2D eigenvalue weighted by Gasteiger charge is -2.34. The highest BCUT2D eigenvalue weighted by Crippen LogP contribution is 2.34. The molecule has 150 valence electrons. The van der Waals surface area contributed by atoms with Crippen molar-refractivity contribution in [3.05, 3.63) is 63.0 Å². The van der Waals surface area contributed by atoms with Gasteiger partial charge in [-0.05, 0) is 60.1 Å². The molecule has 1 aromatic carbocycles. The van der Waals surface area contributed by atoms with Crippen LogP contribution in [0, 0.1) is 5.92 Å². The van der Waals surface area contributed by atoms with Crippen LogP contribution in [-0.4, -0.2) is 17.7 Å². The number of benzene rings is 1. The first-order valence-electron chi connectivity index (χ1n) is 10.6. The second kappa shape index (κ2) is 7.59. The molecule has 2 aromatic rings. The van der Waals surface area contributed by atoms with E-state index in [0.29, 0.717) is 16.9 Å². The molecule has 2 aliphatic rings. The largest absolute Gasteiger partial charge is 0.370 e. The Morgan fingerprint density at radius 3 is 2.21 bits per heavy atom. The highest BCUT2D eigenvalue weighted by molar-refractivity contribution is 6.33. The second-order valence-electron chi connectivity index (χ2n) is 9.55. The molecular weight excluding hydrogens is 368 g/mol. The monoisotopic (exact) mass is 398 g/mol. The van der Waals surface area contributed by atoms with Gasteiger partial charge in [0.25, 0.3) is 5.56 Å². The second-order valence-corrected chi connectivity index (χ2v) is 9.93. The predicted molar refractivity (Wildman–Crippen MR) is 118 cm³/mol. The summed E-state index contributed by atoms with van der Waals surface area (Å²) in [6, 6.07) is 11.2. The average Bonchev–Trinajstić information content (AvgIpc) is 3.49. The highest BCUT2D eigenvalue weighted by atomic mass is 35.5. The van der Waals surface area contributed by atoms with Gasteiger partial charge in [0.05, 0.1) is 5.69 Å². The van der Waals surface area contributed by atoms with Crippen molar-refractivity contribution < 1.29 is 0 Å². The molecule has 0 unspecified atom stereocenters. The van der Waals surface area contributed by atoms with Crippen LogP contribution < -0.4 is 10.5 Å². The third-order valence-corrected chi connectivity index (χ3v) is 6.68. The lowest BCUT2D eigenvalue weighted by atomic mass is 9.84. The Bertz CT molecular complexity index is 882. The minimum absolute atomic E-state index is 0.0361. The molecule has 1 saturated heterocycles. The van der Waals surface area contributed by atoms with Crippen LogP contribution in [0.1, 0.15) is 63.5 Å². The van der Waals surface area contributed by atoms with Crippen molar-refractivity contribution in [1.82, 2.24) is 4.57 Å². The number of rotatable bonds is 4. The lowest BCUT2D eigenvalue weighted by molar-refractivity contribution is 0.504. The summed E-state index contributed by atoms with van der Waals surface area (Å²) in [5, 5.41) is 0.385. The van der Waals surface area contributed by atoms with E-state index in [1.54, 1.807) is 4.57 Å². The Balaban J connectivity index is 1.42. The smallest absolute Gasteiger partial charge is 0.271 e. The Hall–Kier alpha value is -1.74. The quantitative estimate of drug-likeness (QED) is 0.670. The zero-order valence-corrected chi connectivity index (χ0v) is 18.0. The fourth-order valence-electron chi connectivity index (χ4n) is 4.21. The molecule has 1 aliphatic heterocycles. The van der Waals surface area contributed by atoms with Crippen molar-refractivity contribution in [2.75, 3.05) is 18.0 Å². The third-order valence-electron chi connectivity index (χ3n) is 6.32. The van der Waals surface area contributed by atoms with Gasteiger partial charge >= 0.3 is 0 Å². The molecule has 0 N–H and O–H groups in total. The Morgan fingerprint density at radius 2 is 1.64 bits per heavy atom. The van der Waals surface area contributed by atoms with Crippen LogP contribution >= 0.6 is 11.6 Å². The maximum atomic E-state index is 12.6. The molecule has 0 atom stereocenters. The summed E-state index contributed by atoms with van der Waals surface area (Å²) in [5.74, 6) is 1.25. The zero-order valence-electron chi connectivity index (χ0n) is 17.2. The van der Waals surface area contributed by atoms with Gasteiger partial charge in [-0.2, -0.15) is 0 Å². The van der Waals surface area contributed by atoms with E-state index in [4.69, 9.17) is 11.6 Å². The summed E-state index contributed by atoms with van der Waals surface area (Å²) >= 11 is 6.47. The number of piperidine rings is 1. The van der Waals surface area contributed by atoms with E-state index in [0.717, 1.165) is 38.2 Å². The number of anilines is 1. The van der Waals surface area contributed by atoms with Crippen molar-refractivity contribution in [2.24, 2.45) is 5.92 Å². The van der Waals surface area contributed by atoms with E-state index in [1.807, 2.05) is 12.3 Å². The first-order chi connectivity index (χ1) is 13.3. The van der Waals surface area contributed by atoms with Gasteiger partial charge in [-0.3, -0.25) is 4.79 Å². The van der Waals surface area contributed by atoms with Crippen LogP contribution in [0.25, 0.3) is 0 Å². The minimum Gasteiger partial charge on any atom is -0.370 e. The molecule has 1 aromatic heterocycles. The van der Waals surface area contributed by atoms with E-state index in [1.165, 1.54) is 24.0 Å². The molecule has 2 fully saturated rings. The molecular formula is C24H31ClN2O. The summed E-state index contributed by atoms with van der Waals surface area (Å²) in [7, 11) is 0. The van der Waals surface area contributed by atoms with Crippen LogP contribution in [-0.2, 0) is 12.0 Å². The summed E-state index contributed by atoms with van der Waals surface area (Å²) in [4.78, 5) is 14.9.